The summed E-state index contributed by atoms with van der Waals surface area (Å²) in [6, 6.07) is 4.16. The Morgan fingerprint density at radius 1 is 1.50 bits per heavy atom. The van der Waals surface area contributed by atoms with Crippen LogP contribution in [0.15, 0.2) is 18.2 Å². The number of hydrogen-bond acceptors (Lipinski definition) is 3. The number of hydrogen-bond donors (Lipinski definition) is 3. The summed E-state index contributed by atoms with van der Waals surface area (Å²) in [5, 5.41) is 22.2. The van der Waals surface area contributed by atoms with E-state index < -0.39 is 17.2 Å². The molecule has 0 aliphatic heterocycles. The molecule has 1 atom stereocenters. The van der Waals surface area contributed by atoms with Gasteiger partial charge in [-0.3, -0.25) is 4.79 Å². The van der Waals surface area contributed by atoms with Gasteiger partial charge in [0.05, 0.1) is 5.41 Å². The lowest BCUT2D eigenvalue weighted by Gasteiger charge is -2.31. The second kappa shape index (κ2) is 5.40. The molecule has 1 aliphatic carbocycles. The van der Waals surface area contributed by atoms with Gasteiger partial charge in [-0.2, -0.15) is 0 Å². The molecular weight excluding hydrogens is 261 g/mol. The highest BCUT2D eigenvalue weighted by Gasteiger charge is 2.45. The fraction of sp³-hybridized carbons (Fsp3) is 0.533. The number of nitrogens with one attached hydrogen (secondary N) is 1. The van der Waals surface area contributed by atoms with Crippen LogP contribution in [0.3, 0.4) is 0 Å². The van der Waals surface area contributed by atoms with Gasteiger partial charge in [0.2, 0.25) is 0 Å². The number of halogens is 1. The number of carboxylic acid groups (broad SMARTS) is 1. The van der Waals surface area contributed by atoms with Crippen LogP contribution in [-0.4, -0.2) is 22.2 Å². The van der Waals surface area contributed by atoms with E-state index in [9.17, 15) is 19.4 Å². The Morgan fingerprint density at radius 3 is 2.70 bits per heavy atom. The molecule has 110 valence electrons. The van der Waals surface area contributed by atoms with Crippen LogP contribution in [-0.2, 0) is 11.3 Å². The fourth-order valence-electron chi connectivity index (χ4n) is 2.50. The summed E-state index contributed by atoms with van der Waals surface area (Å²) in [6.07, 6.45) is 2.01. The number of para-hydroxylation sites is 1. The van der Waals surface area contributed by atoms with Gasteiger partial charge in [-0.15, -0.1) is 0 Å². The molecule has 0 aromatic heterocycles. The van der Waals surface area contributed by atoms with E-state index in [0.29, 0.717) is 11.5 Å². The Bertz CT molecular complexity index is 512. The normalized spacial score (nSPS) is 16.9. The number of carboxylic acids is 1. The van der Waals surface area contributed by atoms with Crippen molar-refractivity contribution < 1.29 is 19.4 Å². The van der Waals surface area contributed by atoms with E-state index in [-0.39, 0.29) is 18.3 Å². The molecular formula is C15H20FNO3. The van der Waals surface area contributed by atoms with Gasteiger partial charge in [-0.1, -0.05) is 12.1 Å². The summed E-state index contributed by atoms with van der Waals surface area (Å²) >= 11 is 0. The fourth-order valence-corrected chi connectivity index (χ4v) is 2.50. The van der Waals surface area contributed by atoms with Crippen molar-refractivity contribution in [2.45, 2.75) is 39.3 Å². The third-order valence-corrected chi connectivity index (χ3v) is 4.00. The predicted molar refractivity (Wildman–Crippen MR) is 72.8 cm³/mol. The molecule has 5 heteroatoms. The van der Waals surface area contributed by atoms with Gasteiger partial charge >= 0.3 is 5.97 Å². The van der Waals surface area contributed by atoms with E-state index in [0.717, 1.165) is 12.8 Å². The molecule has 20 heavy (non-hydrogen) atoms. The Hall–Kier alpha value is -1.62. The molecule has 1 aromatic rings. The van der Waals surface area contributed by atoms with Crippen molar-refractivity contribution in [3.8, 4) is 5.75 Å². The third kappa shape index (κ3) is 2.93. The van der Waals surface area contributed by atoms with Crippen molar-refractivity contribution in [2.24, 2.45) is 11.3 Å². The maximum Gasteiger partial charge on any atom is 0.310 e. The van der Waals surface area contributed by atoms with Gasteiger partial charge in [0, 0.05) is 18.2 Å². The van der Waals surface area contributed by atoms with Crippen LogP contribution >= 0.6 is 0 Å². The van der Waals surface area contributed by atoms with E-state index in [2.05, 4.69) is 5.32 Å². The van der Waals surface area contributed by atoms with Crippen molar-refractivity contribution in [2.75, 3.05) is 0 Å². The minimum atomic E-state index is -0.899. The zero-order chi connectivity index (χ0) is 14.9. The molecule has 0 bridgehead atoms. The number of aromatic hydroxyl groups is 1. The minimum absolute atomic E-state index is 0.192. The van der Waals surface area contributed by atoms with Gasteiger partial charge < -0.3 is 15.5 Å². The van der Waals surface area contributed by atoms with Gasteiger partial charge in [0.25, 0.3) is 0 Å². The molecule has 4 nitrogen and oxygen atoms in total. The molecule has 0 heterocycles. The number of aliphatic carboxylic acids is 1. The smallest absolute Gasteiger partial charge is 0.310 e. The zero-order valence-electron chi connectivity index (χ0n) is 11.7. The van der Waals surface area contributed by atoms with Gasteiger partial charge in [0.15, 0.2) is 11.6 Å². The van der Waals surface area contributed by atoms with Crippen LogP contribution < -0.4 is 5.32 Å². The van der Waals surface area contributed by atoms with Crippen molar-refractivity contribution in [1.82, 2.24) is 5.32 Å². The van der Waals surface area contributed by atoms with Crippen LogP contribution in [0.25, 0.3) is 0 Å². The van der Waals surface area contributed by atoms with Crippen LogP contribution in [0.4, 0.5) is 4.39 Å². The van der Waals surface area contributed by atoms with E-state index >= 15 is 0 Å². The van der Waals surface area contributed by atoms with Crippen LogP contribution in [0.5, 0.6) is 5.75 Å². The van der Waals surface area contributed by atoms with Gasteiger partial charge in [-0.25, -0.2) is 4.39 Å². The quantitative estimate of drug-likeness (QED) is 0.749. The second-order valence-corrected chi connectivity index (χ2v) is 5.97. The van der Waals surface area contributed by atoms with Crippen molar-refractivity contribution >= 4 is 5.97 Å². The van der Waals surface area contributed by atoms with Crippen molar-refractivity contribution in [1.29, 1.82) is 0 Å². The van der Waals surface area contributed by atoms with E-state index in [1.807, 2.05) is 0 Å². The monoisotopic (exact) mass is 281 g/mol. The first-order chi connectivity index (χ1) is 9.34. The molecule has 0 radical (unpaired) electrons. The zero-order valence-corrected chi connectivity index (χ0v) is 11.7. The summed E-state index contributed by atoms with van der Waals surface area (Å²) in [5.74, 6) is -1.56. The molecule has 0 amide bonds. The Kier molecular flexibility index (Phi) is 3.99. The van der Waals surface area contributed by atoms with E-state index in [4.69, 9.17) is 0 Å². The second-order valence-electron chi connectivity index (χ2n) is 5.97. The predicted octanol–water partition coefficient (Wildman–Crippen LogP) is 2.51. The Labute approximate surface area is 117 Å². The van der Waals surface area contributed by atoms with Crippen LogP contribution in [0.2, 0.25) is 0 Å². The standard InChI is InChI=1S/C15H20FNO3/c1-15(2,14(19)20)13(9-6-7-9)17-8-10-4-3-5-11(16)12(10)18/h3-5,9,13,17-18H,6-8H2,1-2H3,(H,19,20). The highest BCUT2D eigenvalue weighted by atomic mass is 19.1. The highest BCUT2D eigenvalue weighted by Crippen LogP contribution is 2.41. The minimum Gasteiger partial charge on any atom is -0.505 e. The van der Waals surface area contributed by atoms with E-state index in [1.54, 1.807) is 19.9 Å². The Morgan fingerprint density at radius 2 is 2.15 bits per heavy atom. The largest absolute Gasteiger partial charge is 0.505 e. The summed E-state index contributed by atoms with van der Waals surface area (Å²) in [5.41, 5.74) is -0.457. The molecule has 1 aliphatic rings. The molecule has 1 saturated carbocycles. The van der Waals surface area contributed by atoms with Gasteiger partial charge in [-0.05, 0) is 38.7 Å². The van der Waals surface area contributed by atoms with E-state index in [1.165, 1.54) is 12.1 Å². The SMILES string of the molecule is CC(C)(C(=O)O)C(NCc1cccc(F)c1O)C1CC1. The first-order valence-electron chi connectivity index (χ1n) is 6.77. The summed E-state index contributed by atoms with van der Waals surface area (Å²) in [4.78, 5) is 11.4. The third-order valence-electron chi connectivity index (χ3n) is 4.00. The summed E-state index contributed by atoms with van der Waals surface area (Å²) in [7, 11) is 0. The molecule has 3 N–H and O–H groups in total. The van der Waals surface area contributed by atoms with Crippen molar-refractivity contribution in [3.63, 3.8) is 0 Å². The Balaban J connectivity index is 2.10. The molecule has 1 fully saturated rings. The lowest BCUT2D eigenvalue weighted by Crippen LogP contribution is -2.47. The maximum absolute atomic E-state index is 13.3. The molecule has 0 saturated heterocycles. The van der Waals surface area contributed by atoms with Crippen LogP contribution in [0.1, 0.15) is 32.3 Å². The first kappa shape index (κ1) is 14.8. The lowest BCUT2D eigenvalue weighted by molar-refractivity contribution is -0.149. The number of benzene rings is 1. The highest BCUT2D eigenvalue weighted by molar-refractivity contribution is 5.74. The molecule has 0 spiro atoms. The van der Waals surface area contributed by atoms with Gasteiger partial charge in [0.1, 0.15) is 0 Å². The number of phenolic OH excluding ortho intramolecular Hbond substituents is 1. The molecule has 1 aromatic carbocycles. The maximum atomic E-state index is 13.3. The number of carbonyl (C=O) groups is 1. The van der Waals surface area contributed by atoms with Crippen molar-refractivity contribution in [3.05, 3.63) is 29.6 Å². The number of phenols is 1. The average Bonchev–Trinajstić information content (AvgIpc) is 3.18. The molecule has 2 rings (SSSR count). The summed E-state index contributed by atoms with van der Waals surface area (Å²) < 4.78 is 13.3. The summed E-state index contributed by atoms with van der Waals surface area (Å²) in [6.45, 7) is 3.63. The first-order valence-corrected chi connectivity index (χ1v) is 6.77. The lowest BCUT2D eigenvalue weighted by atomic mass is 9.81. The average molecular weight is 281 g/mol. The topological polar surface area (TPSA) is 69.6 Å². The molecule has 1 unspecified atom stereocenters. The number of rotatable bonds is 6. The van der Waals surface area contributed by atoms with Crippen LogP contribution in [0, 0.1) is 17.2 Å².